The van der Waals surface area contributed by atoms with Crippen LogP contribution in [0.5, 0.6) is 0 Å². The Morgan fingerprint density at radius 2 is 1.84 bits per heavy atom. The van der Waals surface area contributed by atoms with E-state index in [-0.39, 0.29) is 11.9 Å². The molecule has 4 rings (SSSR count). The van der Waals surface area contributed by atoms with E-state index in [1.165, 1.54) is 5.56 Å². The Balaban J connectivity index is 1.68. The smallest absolute Gasteiger partial charge is 0.276 e. The largest absolute Gasteiger partial charge is 0.319 e. The van der Waals surface area contributed by atoms with Crippen molar-refractivity contribution in [3.63, 3.8) is 0 Å². The van der Waals surface area contributed by atoms with Crippen LogP contribution in [0.25, 0.3) is 0 Å². The molecular formula is C21H21N3O. The van der Waals surface area contributed by atoms with Gasteiger partial charge in [0.2, 0.25) is 0 Å². The van der Waals surface area contributed by atoms with Gasteiger partial charge in [-0.3, -0.25) is 4.79 Å². The van der Waals surface area contributed by atoms with Crippen LogP contribution in [0.15, 0.2) is 67.1 Å². The number of fused-ring (bicyclic) bond motifs is 1. The SMILES string of the molecule is C[C@H](c1ccccc1)n1cncc1C(=O)N1CCCc2ccccc21. The standard InChI is InChI=1S/C21H21N3O/c1-16(17-8-3-2-4-9-17)24-15-22-14-20(24)21(25)23-13-7-11-18-10-5-6-12-19(18)23/h2-6,8-10,12,14-16H,7,11,13H2,1H3/t16-/m1/s1. The molecule has 25 heavy (non-hydrogen) atoms. The molecule has 1 aliphatic heterocycles. The second kappa shape index (κ2) is 6.55. The molecular weight excluding hydrogens is 310 g/mol. The molecule has 0 spiro atoms. The van der Waals surface area contributed by atoms with Crippen molar-refractivity contribution in [2.45, 2.75) is 25.8 Å². The van der Waals surface area contributed by atoms with Crippen molar-refractivity contribution in [2.24, 2.45) is 0 Å². The van der Waals surface area contributed by atoms with Crippen LogP contribution in [0, 0.1) is 0 Å². The number of aromatic nitrogens is 2. The summed E-state index contributed by atoms with van der Waals surface area (Å²) in [6, 6.07) is 18.4. The van der Waals surface area contributed by atoms with E-state index in [1.807, 2.05) is 45.9 Å². The Hall–Kier alpha value is -2.88. The number of anilines is 1. The van der Waals surface area contributed by atoms with Gasteiger partial charge in [0, 0.05) is 12.2 Å². The fourth-order valence-corrected chi connectivity index (χ4v) is 3.55. The van der Waals surface area contributed by atoms with Gasteiger partial charge in [0.1, 0.15) is 5.69 Å². The monoisotopic (exact) mass is 331 g/mol. The summed E-state index contributed by atoms with van der Waals surface area (Å²) in [5.41, 5.74) is 4.06. The topological polar surface area (TPSA) is 38.1 Å². The summed E-state index contributed by atoms with van der Waals surface area (Å²) in [5, 5.41) is 0. The molecule has 4 heteroatoms. The lowest BCUT2D eigenvalue weighted by molar-refractivity contribution is 0.0975. The maximum Gasteiger partial charge on any atom is 0.276 e. The van der Waals surface area contributed by atoms with Gasteiger partial charge in [-0.2, -0.15) is 0 Å². The molecule has 0 aliphatic carbocycles. The maximum atomic E-state index is 13.2. The highest BCUT2D eigenvalue weighted by atomic mass is 16.2. The fraction of sp³-hybridized carbons (Fsp3) is 0.238. The van der Waals surface area contributed by atoms with Gasteiger partial charge >= 0.3 is 0 Å². The Morgan fingerprint density at radius 3 is 2.68 bits per heavy atom. The fourth-order valence-electron chi connectivity index (χ4n) is 3.55. The number of amides is 1. The number of hydrogen-bond acceptors (Lipinski definition) is 2. The molecule has 0 radical (unpaired) electrons. The number of benzene rings is 2. The molecule has 0 bridgehead atoms. The summed E-state index contributed by atoms with van der Waals surface area (Å²) in [6.07, 6.45) is 5.45. The van der Waals surface area contributed by atoms with Crippen molar-refractivity contribution in [1.82, 2.24) is 9.55 Å². The molecule has 126 valence electrons. The lowest BCUT2D eigenvalue weighted by atomic mass is 10.0. The zero-order valence-electron chi connectivity index (χ0n) is 14.3. The van der Waals surface area contributed by atoms with Crippen molar-refractivity contribution in [2.75, 3.05) is 11.4 Å². The van der Waals surface area contributed by atoms with Crippen molar-refractivity contribution < 1.29 is 4.79 Å². The van der Waals surface area contributed by atoms with E-state index in [0.717, 1.165) is 30.6 Å². The highest BCUT2D eigenvalue weighted by Gasteiger charge is 2.26. The Labute approximate surface area is 147 Å². The molecule has 4 nitrogen and oxygen atoms in total. The predicted octanol–water partition coefficient (Wildman–Crippen LogP) is 4.09. The molecule has 1 aromatic heterocycles. The second-order valence-electron chi connectivity index (χ2n) is 6.46. The average molecular weight is 331 g/mol. The van der Waals surface area contributed by atoms with Crippen LogP contribution in [0.2, 0.25) is 0 Å². The van der Waals surface area contributed by atoms with Crippen molar-refractivity contribution in [3.05, 3.63) is 83.9 Å². The van der Waals surface area contributed by atoms with Crippen LogP contribution < -0.4 is 4.90 Å². The van der Waals surface area contributed by atoms with E-state index in [4.69, 9.17) is 0 Å². The molecule has 3 aromatic rings. The number of nitrogens with zero attached hydrogens (tertiary/aromatic N) is 3. The molecule has 1 amide bonds. The number of carbonyl (C=O) groups is 1. The zero-order chi connectivity index (χ0) is 17.2. The highest BCUT2D eigenvalue weighted by Crippen LogP contribution is 2.29. The van der Waals surface area contributed by atoms with Crippen LogP contribution in [-0.2, 0) is 6.42 Å². The minimum Gasteiger partial charge on any atom is -0.319 e. The van der Waals surface area contributed by atoms with E-state index in [2.05, 4.69) is 30.1 Å². The highest BCUT2D eigenvalue weighted by molar-refractivity contribution is 6.05. The Kier molecular flexibility index (Phi) is 4.10. The van der Waals surface area contributed by atoms with Gasteiger partial charge in [-0.05, 0) is 37.0 Å². The summed E-state index contributed by atoms with van der Waals surface area (Å²) in [5.74, 6) is 0.0208. The summed E-state index contributed by atoms with van der Waals surface area (Å²) >= 11 is 0. The quantitative estimate of drug-likeness (QED) is 0.725. The van der Waals surface area contributed by atoms with E-state index in [9.17, 15) is 4.79 Å². The van der Waals surface area contributed by atoms with Gasteiger partial charge in [-0.1, -0.05) is 48.5 Å². The van der Waals surface area contributed by atoms with E-state index < -0.39 is 0 Å². The van der Waals surface area contributed by atoms with E-state index in [0.29, 0.717) is 5.69 Å². The number of aryl methyl sites for hydroxylation is 1. The first kappa shape index (κ1) is 15.6. The first-order valence-corrected chi connectivity index (χ1v) is 8.72. The molecule has 2 heterocycles. The first-order valence-electron chi connectivity index (χ1n) is 8.72. The number of rotatable bonds is 3. The Bertz CT molecular complexity index is 885. The second-order valence-corrected chi connectivity index (χ2v) is 6.46. The molecule has 0 unspecified atom stereocenters. The number of para-hydroxylation sites is 1. The molecule has 0 saturated carbocycles. The molecule has 0 N–H and O–H groups in total. The third kappa shape index (κ3) is 2.84. The number of imidazole rings is 1. The third-order valence-corrected chi connectivity index (χ3v) is 4.94. The van der Waals surface area contributed by atoms with E-state index in [1.54, 1.807) is 12.5 Å². The van der Waals surface area contributed by atoms with Gasteiger partial charge in [0.05, 0.1) is 18.6 Å². The van der Waals surface area contributed by atoms with Gasteiger partial charge in [0.25, 0.3) is 5.91 Å². The lowest BCUT2D eigenvalue weighted by Gasteiger charge is -2.30. The van der Waals surface area contributed by atoms with E-state index >= 15 is 0 Å². The van der Waals surface area contributed by atoms with Gasteiger partial charge in [-0.15, -0.1) is 0 Å². The van der Waals surface area contributed by atoms with Gasteiger partial charge in [-0.25, -0.2) is 4.98 Å². The first-order chi connectivity index (χ1) is 12.3. The van der Waals surface area contributed by atoms with Crippen LogP contribution in [-0.4, -0.2) is 22.0 Å². The number of hydrogen-bond donors (Lipinski definition) is 0. The van der Waals surface area contributed by atoms with Crippen molar-refractivity contribution in [1.29, 1.82) is 0 Å². The predicted molar refractivity (Wildman–Crippen MR) is 98.9 cm³/mol. The third-order valence-electron chi connectivity index (χ3n) is 4.94. The average Bonchev–Trinajstić information content (AvgIpc) is 3.17. The van der Waals surface area contributed by atoms with Crippen LogP contribution >= 0.6 is 0 Å². The minimum atomic E-state index is 0.0208. The van der Waals surface area contributed by atoms with Crippen LogP contribution in [0.4, 0.5) is 5.69 Å². The molecule has 0 fully saturated rings. The van der Waals surface area contributed by atoms with Crippen LogP contribution in [0.1, 0.15) is 41.0 Å². The Morgan fingerprint density at radius 1 is 1.08 bits per heavy atom. The van der Waals surface area contributed by atoms with Crippen LogP contribution in [0.3, 0.4) is 0 Å². The molecule has 1 atom stereocenters. The van der Waals surface area contributed by atoms with Gasteiger partial charge in [0.15, 0.2) is 0 Å². The van der Waals surface area contributed by atoms with Gasteiger partial charge < -0.3 is 9.47 Å². The van der Waals surface area contributed by atoms with Crippen molar-refractivity contribution >= 4 is 11.6 Å². The molecule has 0 saturated heterocycles. The lowest BCUT2D eigenvalue weighted by Crippen LogP contribution is -2.36. The molecule has 1 aliphatic rings. The zero-order valence-corrected chi connectivity index (χ0v) is 14.3. The summed E-state index contributed by atoms with van der Waals surface area (Å²) in [4.78, 5) is 19.4. The number of carbonyl (C=O) groups excluding carboxylic acids is 1. The summed E-state index contributed by atoms with van der Waals surface area (Å²) in [7, 11) is 0. The summed E-state index contributed by atoms with van der Waals surface area (Å²) < 4.78 is 1.97. The summed E-state index contributed by atoms with van der Waals surface area (Å²) in [6.45, 7) is 2.85. The maximum absolute atomic E-state index is 13.2. The molecule has 2 aromatic carbocycles. The normalized spacial score (nSPS) is 14.8. The minimum absolute atomic E-state index is 0.0208. The van der Waals surface area contributed by atoms with Crippen molar-refractivity contribution in [3.8, 4) is 0 Å².